The number of hydrogen-bond donors (Lipinski definition) is 1. The molecular weight excluding hydrogens is 375 g/mol. The summed E-state index contributed by atoms with van der Waals surface area (Å²) in [6.07, 6.45) is 2.04. The molecule has 1 aliphatic rings. The fraction of sp³-hybridized carbons (Fsp3) is 0.500. The zero-order valence-electron chi connectivity index (χ0n) is 11.0. The topological polar surface area (TPSA) is 46.3 Å². The Morgan fingerprint density at radius 1 is 1.32 bits per heavy atom. The summed E-state index contributed by atoms with van der Waals surface area (Å²) in [6, 6.07) is 8.00. The minimum Gasteiger partial charge on any atom is -0.339 e. The van der Waals surface area contributed by atoms with Gasteiger partial charge in [-0.3, -0.25) is 4.79 Å². The molecule has 2 rings (SSSR count). The van der Waals surface area contributed by atoms with Crippen LogP contribution in [0.3, 0.4) is 0 Å². The monoisotopic (exact) mass is 394 g/mol. The number of piperidine rings is 1. The standard InChI is InChI=1S/C14H19IN2O.ClH/c1-10(16)11-6-8-17(9-7-11)14(18)12-2-4-13(15)5-3-12;/h2-5,10-11H,6-9,16H2,1H3;1H. The smallest absolute Gasteiger partial charge is 0.253 e. The van der Waals surface area contributed by atoms with Crippen molar-refractivity contribution in [1.29, 1.82) is 0 Å². The second kappa shape index (κ2) is 7.45. The Morgan fingerprint density at radius 3 is 2.32 bits per heavy atom. The number of benzene rings is 1. The van der Waals surface area contributed by atoms with Crippen LogP contribution in [-0.4, -0.2) is 29.9 Å². The zero-order chi connectivity index (χ0) is 13.1. The van der Waals surface area contributed by atoms with E-state index in [4.69, 9.17) is 5.73 Å². The molecule has 0 saturated carbocycles. The molecule has 0 radical (unpaired) electrons. The number of carbonyl (C=O) groups is 1. The molecular formula is C14H20ClIN2O. The van der Waals surface area contributed by atoms with Crippen molar-refractivity contribution in [2.45, 2.75) is 25.8 Å². The maximum atomic E-state index is 12.3. The van der Waals surface area contributed by atoms with E-state index in [1.807, 2.05) is 29.2 Å². The van der Waals surface area contributed by atoms with E-state index in [1.165, 1.54) is 0 Å². The van der Waals surface area contributed by atoms with Gasteiger partial charge in [0.2, 0.25) is 0 Å². The summed E-state index contributed by atoms with van der Waals surface area (Å²) in [6.45, 7) is 3.72. The van der Waals surface area contributed by atoms with Crippen LogP contribution in [0.4, 0.5) is 0 Å². The number of amides is 1. The van der Waals surface area contributed by atoms with E-state index < -0.39 is 0 Å². The number of nitrogens with two attached hydrogens (primary N) is 1. The maximum Gasteiger partial charge on any atom is 0.253 e. The number of halogens is 2. The van der Waals surface area contributed by atoms with Crippen molar-refractivity contribution < 1.29 is 4.79 Å². The molecule has 0 bridgehead atoms. The summed E-state index contributed by atoms with van der Waals surface area (Å²) in [7, 11) is 0. The summed E-state index contributed by atoms with van der Waals surface area (Å²) >= 11 is 2.25. The van der Waals surface area contributed by atoms with Gasteiger partial charge in [-0.1, -0.05) is 0 Å². The van der Waals surface area contributed by atoms with Crippen LogP contribution in [0.2, 0.25) is 0 Å². The Kier molecular flexibility index (Phi) is 6.56. The van der Waals surface area contributed by atoms with Crippen LogP contribution in [0.25, 0.3) is 0 Å². The first-order valence-corrected chi connectivity index (χ1v) is 7.46. The zero-order valence-corrected chi connectivity index (χ0v) is 14.0. The van der Waals surface area contributed by atoms with E-state index in [2.05, 4.69) is 29.5 Å². The Balaban J connectivity index is 0.00000180. The molecule has 19 heavy (non-hydrogen) atoms. The van der Waals surface area contributed by atoms with Crippen LogP contribution in [0.15, 0.2) is 24.3 Å². The minimum absolute atomic E-state index is 0. The van der Waals surface area contributed by atoms with Gasteiger partial charge in [-0.2, -0.15) is 0 Å². The lowest BCUT2D eigenvalue weighted by Crippen LogP contribution is -2.42. The molecule has 5 heteroatoms. The normalized spacial score (nSPS) is 17.7. The quantitative estimate of drug-likeness (QED) is 0.784. The maximum absolute atomic E-state index is 12.3. The largest absolute Gasteiger partial charge is 0.339 e. The Hall–Kier alpha value is -0.330. The highest BCUT2D eigenvalue weighted by molar-refractivity contribution is 14.1. The van der Waals surface area contributed by atoms with Gasteiger partial charge >= 0.3 is 0 Å². The van der Waals surface area contributed by atoms with Gasteiger partial charge < -0.3 is 10.6 Å². The average molecular weight is 395 g/mol. The van der Waals surface area contributed by atoms with Crippen molar-refractivity contribution in [3.63, 3.8) is 0 Å². The molecule has 1 aromatic rings. The van der Waals surface area contributed by atoms with Crippen molar-refractivity contribution in [2.24, 2.45) is 11.7 Å². The molecule has 0 aliphatic carbocycles. The first kappa shape index (κ1) is 16.7. The molecule has 3 nitrogen and oxygen atoms in total. The first-order chi connectivity index (χ1) is 8.58. The van der Waals surface area contributed by atoms with E-state index in [0.717, 1.165) is 35.1 Å². The highest BCUT2D eigenvalue weighted by Crippen LogP contribution is 2.21. The fourth-order valence-corrected chi connectivity index (χ4v) is 2.76. The second-order valence-corrected chi connectivity index (χ2v) is 6.24. The Labute approximate surface area is 134 Å². The van der Waals surface area contributed by atoms with Crippen molar-refractivity contribution in [3.05, 3.63) is 33.4 Å². The molecule has 1 heterocycles. The first-order valence-electron chi connectivity index (χ1n) is 6.38. The van der Waals surface area contributed by atoms with Gasteiger partial charge in [0.05, 0.1) is 0 Å². The summed E-state index contributed by atoms with van der Waals surface area (Å²) in [5, 5.41) is 0. The number of likely N-dealkylation sites (tertiary alicyclic amines) is 1. The molecule has 1 unspecified atom stereocenters. The van der Waals surface area contributed by atoms with Gasteiger partial charge in [0.25, 0.3) is 5.91 Å². The molecule has 1 fully saturated rings. The minimum atomic E-state index is 0. The summed E-state index contributed by atoms with van der Waals surface area (Å²) in [5.74, 6) is 0.709. The second-order valence-electron chi connectivity index (χ2n) is 5.00. The Morgan fingerprint density at radius 2 is 1.84 bits per heavy atom. The van der Waals surface area contributed by atoms with Crippen LogP contribution >= 0.6 is 35.0 Å². The molecule has 1 aliphatic heterocycles. The number of carbonyl (C=O) groups excluding carboxylic acids is 1. The van der Waals surface area contributed by atoms with Crippen molar-refractivity contribution in [1.82, 2.24) is 4.90 Å². The third-order valence-electron chi connectivity index (χ3n) is 3.66. The van der Waals surface area contributed by atoms with Crippen molar-refractivity contribution in [3.8, 4) is 0 Å². The molecule has 1 aromatic carbocycles. The van der Waals surface area contributed by atoms with Crippen molar-refractivity contribution in [2.75, 3.05) is 13.1 Å². The van der Waals surface area contributed by atoms with Gasteiger partial charge in [-0.25, -0.2) is 0 Å². The summed E-state index contributed by atoms with van der Waals surface area (Å²) in [5.41, 5.74) is 6.70. The lowest BCUT2D eigenvalue weighted by molar-refractivity contribution is 0.0681. The molecule has 0 aromatic heterocycles. The third-order valence-corrected chi connectivity index (χ3v) is 4.38. The Bertz CT molecular complexity index is 414. The van der Waals surface area contributed by atoms with Gasteiger partial charge in [-0.15, -0.1) is 12.4 Å². The average Bonchev–Trinajstić information content (AvgIpc) is 2.39. The number of rotatable bonds is 2. The lowest BCUT2D eigenvalue weighted by atomic mass is 9.90. The van der Waals surface area contributed by atoms with E-state index in [-0.39, 0.29) is 24.4 Å². The van der Waals surface area contributed by atoms with Crippen LogP contribution in [0.5, 0.6) is 0 Å². The number of hydrogen-bond acceptors (Lipinski definition) is 2. The third kappa shape index (κ3) is 4.33. The van der Waals surface area contributed by atoms with Crippen LogP contribution in [0.1, 0.15) is 30.1 Å². The van der Waals surface area contributed by atoms with Crippen LogP contribution in [-0.2, 0) is 0 Å². The van der Waals surface area contributed by atoms with E-state index in [0.29, 0.717) is 5.92 Å². The van der Waals surface area contributed by atoms with Gasteiger partial charge in [0.1, 0.15) is 0 Å². The molecule has 1 amide bonds. The van der Waals surface area contributed by atoms with E-state index >= 15 is 0 Å². The van der Waals surface area contributed by atoms with Crippen LogP contribution in [0, 0.1) is 9.49 Å². The highest BCUT2D eigenvalue weighted by atomic mass is 127. The van der Waals surface area contributed by atoms with Gasteiger partial charge in [-0.05, 0) is 72.5 Å². The van der Waals surface area contributed by atoms with Crippen molar-refractivity contribution >= 4 is 40.9 Å². The molecule has 2 N–H and O–H groups in total. The molecule has 106 valence electrons. The number of nitrogens with zero attached hydrogens (tertiary/aromatic N) is 1. The predicted octanol–water partition coefficient (Wildman–Crippen LogP) is 2.91. The van der Waals surface area contributed by atoms with Crippen LogP contribution < -0.4 is 5.73 Å². The SMILES string of the molecule is CC(N)C1CCN(C(=O)c2ccc(I)cc2)CC1.Cl. The fourth-order valence-electron chi connectivity index (χ4n) is 2.40. The summed E-state index contributed by atoms with van der Waals surface area (Å²) in [4.78, 5) is 14.2. The molecule has 0 spiro atoms. The van der Waals surface area contributed by atoms with E-state index in [1.54, 1.807) is 0 Å². The lowest BCUT2D eigenvalue weighted by Gasteiger charge is -2.33. The van der Waals surface area contributed by atoms with Gasteiger partial charge in [0.15, 0.2) is 0 Å². The highest BCUT2D eigenvalue weighted by Gasteiger charge is 2.25. The van der Waals surface area contributed by atoms with Gasteiger partial charge in [0, 0.05) is 28.3 Å². The molecule has 1 saturated heterocycles. The van der Waals surface area contributed by atoms with E-state index in [9.17, 15) is 4.79 Å². The molecule has 1 atom stereocenters. The summed E-state index contributed by atoms with van der Waals surface area (Å²) < 4.78 is 1.15. The predicted molar refractivity (Wildman–Crippen MR) is 88.7 cm³/mol.